The lowest BCUT2D eigenvalue weighted by Crippen LogP contribution is -2.39. The number of fused-ring (bicyclic) bond motifs is 1. The number of hydrogen-bond acceptors (Lipinski definition) is 5. The topological polar surface area (TPSA) is 65.0 Å². The summed E-state index contributed by atoms with van der Waals surface area (Å²) in [6.07, 6.45) is 0. The van der Waals surface area contributed by atoms with Crippen LogP contribution in [-0.2, 0) is 4.74 Å². The van der Waals surface area contributed by atoms with Crippen molar-refractivity contribution < 1.29 is 24.1 Å². The van der Waals surface area contributed by atoms with Gasteiger partial charge in [0, 0.05) is 19.9 Å². The smallest absolute Gasteiger partial charge is 0.349 e. The van der Waals surface area contributed by atoms with Crippen LogP contribution in [0.4, 0.5) is 0 Å². The number of ether oxygens (including phenoxy) is 3. The average Bonchev–Trinajstić information content (AvgIpc) is 2.23. The highest BCUT2D eigenvalue weighted by Gasteiger charge is 2.39. The van der Waals surface area contributed by atoms with Crippen LogP contribution in [0.2, 0.25) is 5.02 Å². The second-order valence-corrected chi connectivity index (χ2v) is 4.64. The van der Waals surface area contributed by atoms with Crippen molar-refractivity contribution in [3.8, 4) is 17.2 Å². The third-order valence-electron chi connectivity index (χ3n) is 2.36. The minimum atomic E-state index is -1.16. The van der Waals surface area contributed by atoms with Crippen molar-refractivity contribution in [1.82, 2.24) is 0 Å². The molecule has 1 N–H and O–H groups in total. The van der Waals surface area contributed by atoms with Crippen molar-refractivity contribution in [2.45, 2.75) is 26.6 Å². The molecule has 0 bridgehead atoms. The lowest BCUT2D eigenvalue weighted by Gasteiger charge is -2.32. The van der Waals surface area contributed by atoms with Crippen LogP contribution in [0, 0.1) is 0 Å². The number of phenols is 1. The van der Waals surface area contributed by atoms with Crippen LogP contribution < -0.4 is 9.47 Å². The number of aromatic hydroxyl groups is 1. The second kappa shape index (κ2) is 4.24. The molecule has 0 fully saturated rings. The van der Waals surface area contributed by atoms with Crippen molar-refractivity contribution in [1.29, 1.82) is 0 Å². The molecule has 0 amide bonds. The molecule has 1 aromatic carbocycles. The van der Waals surface area contributed by atoms with Gasteiger partial charge in [-0.3, -0.25) is 0 Å². The van der Waals surface area contributed by atoms with Gasteiger partial charge in [-0.1, -0.05) is 11.6 Å². The van der Waals surface area contributed by atoms with Gasteiger partial charge >= 0.3 is 5.97 Å². The quantitative estimate of drug-likeness (QED) is 0.839. The van der Waals surface area contributed by atoms with E-state index in [2.05, 4.69) is 0 Å². The first-order chi connectivity index (χ1) is 8.35. The number of rotatable bonds is 2. The molecule has 0 spiro atoms. The van der Waals surface area contributed by atoms with Crippen molar-refractivity contribution in [3.63, 3.8) is 0 Å². The first-order valence-electron chi connectivity index (χ1n) is 5.46. The number of benzene rings is 1. The van der Waals surface area contributed by atoms with Gasteiger partial charge in [0.25, 0.3) is 0 Å². The molecule has 1 aliphatic heterocycles. The van der Waals surface area contributed by atoms with Crippen LogP contribution in [0.1, 0.15) is 31.1 Å². The highest BCUT2D eigenvalue weighted by Crippen LogP contribution is 2.47. The Bertz CT molecular complexity index is 510. The van der Waals surface area contributed by atoms with Gasteiger partial charge in [-0.2, -0.15) is 0 Å². The molecular weight excluding hydrogens is 260 g/mol. The summed E-state index contributed by atoms with van der Waals surface area (Å²) in [4.78, 5) is 11.9. The Kier molecular flexibility index (Phi) is 3.02. The highest BCUT2D eigenvalue weighted by molar-refractivity contribution is 6.32. The Balaban J connectivity index is 2.64. The van der Waals surface area contributed by atoms with Crippen molar-refractivity contribution >= 4 is 17.6 Å². The van der Waals surface area contributed by atoms with Crippen LogP contribution in [0.5, 0.6) is 17.2 Å². The zero-order valence-corrected chi connectivity index (χ0v) is 11.0. The average molecular weight is 273 g/mol. The standard InChI is InChI=1S/C12H13ClO5/c1-4-16-7-5-6(13)9(14)10-8(7)11(15)18-12(2,3)17-10/h5,14H,4H2,1-3H3. The molecule has 6 heteroatoms. The first-order valence-corrected chi connectivity index (χ1v) is 5.84. The summed E-state index contributed by atoms with van der Waals surface area (Å²) >= 11 is 5.87. The molecule has 0 saturated heterocycles. The molecule has 2 rings (SSSR count). The molecule has 0 aromatic heterocycles. The molecule has 98 valence electrons. The van der Waals surface area contributed by atoms with E-state index >= 15 is 0 Å². The van der Waals surface area contributed by atoms with E-state index in [1.165, 1.54) is 6.07 Å². The van der Waals surface area contributed by atoms with Gasteiger partial charge in [0.1, 0.15) is 11.3 Å². The number of carbonyl (C=O) groups excluding carboxylic acids is 1. The Hall–Kier alpha value is -1.62. The minimum absolute atomic E-state index is 0.00722. The number of cyclic esters (lactones) is 1. The normalized spacial score (nSPS) is 16.6. The lowest BCUT2D eigenvalue weighted by atomic mass is 10.1. The van der Waals surface area contributed by atoms with E-state index in [1.54, 1.807) is 20.8 Å². The summed E-state index contributed by atoms with van der Waals surface area (Å²) in [7, 11) is 0. The van der Waals surface area contributed by atoms with E-state index in [0.717, 1.165) is 0 Å². The molecule has 0 atom stereocenters. The van der Waals surface area contributed by atoms with Crippen molar-refractivity contribution in [2.24, 2.45) is 0 Å². The summed E-state index contributed by atoms with van der Waals surface area (Å²) in [5.74, 6) is -1.84. The van der Waals surface area contributed by atoms with E-state index in [-0.39, 0.29) is 27.8 Å². The number of phenolic OH excluding ortho intramolecular Hbond substituents is 1. The zero-order chi connectivity index (χ0) is 13.5. The molecule has 0 saturated carbocycles. The fraction of sp³-hybridized carbons (Fsp3) is 0.417. The summed E-state index contributed by atoms with van der Waals surface area (Å²) in [6.45, 7) is 5.25. The van der Waals surface area contributed by atoms with Crippen molar-refractivity contribution in [3.05, 3.63) is 16.7 Å². The molecule has 1 heterocycles. The Morgan fingerprint density at radius 1 is 1.44 bits per heavy atom. The van der Waals surface area contributed by atoms with Crippen molar-refractivity contribution in [2.75, 3.05) is 6.61 Å². The number of hydrogen-bond donors (Lipinski definition) is 1. The summed E-state index contributed by atoms with van der Waals surface area (Å²) < 4.78 is 15.8. The van der Waals surface area contributed by atoms with Gasteiger partial charge in [0.2, 0.25) is 5.79 Å². The molecule has 0 aliphatic carbocycles. The third-order valence-corrected chi connectivity index (χ3v) is 2.65. The minimum Gasteiger partial charge on any atom is -0.503 e. The van der Waals surface area contributed by atoms with Crippen LogP contribution in [0.25, 0.3) is 0 Å². The van der Waals surface area contributed by atoms with Gasteiger partial charge in [0.05, 0.1) is 11.6 Å². The molecule has 0 radical (unpaired) electrons. The van der Waals surface area contributed by atoms with E-state index in [0.29, 0.717) is 6.61 Å². The first kappa shape index (κ1) is 12.8. The molecule has 5 nitrogen and oxygen atoms in total. The van der Waals surface area contributed by atoms with Crippen LogP contribution >= 0.6 is 11.6 Å². The lowest BCUT2D eigenvalue weighted by molar-refractivity contribution is -0.128. The van der Waals surface area contributed by atoms with Crippen LogP contribution in [0.15, 0.2) is 6.07 Å². The van der Waals surface area contributed by atoms with Crippen LogP contribution in [-0.4, -0.2) is 23.5 Å². The molecule has 0 unspecified atom stereocenters. The van der Waals surface area contributed by atoms with Crippen LogP contribution in [0.3, 0.4) is 0 Å². The summed E-state index contributed by atoms with van der Waals surface area (Å²) in [6, 6.07) is 1.36. The Labute approximate surface area is 109 Å². The van der Waals surface area contributed by atoms with E-state index in [1.807, 2.05) is 0 Å². The number of halogens is 1. The largest absolute Gasteiger partial charge is 0.503 e. The van der Waals surface area contributed by atoms with Gasteiger partial charge in [-0.25, -0.2) is 4.79 Å². The molecule has 1 aromatic rings. The Morgan fingerprint density at radius 3 is 2.72 bits per heavy atom. The van der Waals surface area contributed by atoms with Gasteiger partial charge < -0.3 is 19.3 Å². The maximum atomic E-state index is 11.9. The maximum absolute atomic E-state index is 11.9. The van der Waals surface area contributed by atoms with E-state index < -0.39 is 11.8 Å². The molecular formula is C12H13ClO5. The van der Waals surface area contributed by atoms with E-state index in [4.69, 9.17) is 25.8 Å². The van der Waals surface area contributed by atoms with Gasteiger partial charge in [-0.15, -0.1) is 0 Å². The SMILES string of the molecule is CCOc1cc(Cl)c(O)c2c1C(=O)OC(C)(C)O2. The summed E-state index contributed by atoms with van der Waals surface area (Å²) in [5.41, 5.74) is 0.0538. The zero-order valence-electron chi connectivity index (χ0n) is 10.2. The fourth-order valence-corrected chi connectivity index (χ4v) is 1.88. The Morgan fingerprint density at radius 2 is 2.11 bits per heavy atom. The van der Waals surface area contributed by atoms with E-state index in [9.17, 15) is 9.90 Å². The highest BCUT2D eigenvalue weighted by atomic mass is 35.5. The maximum Gasteiger partial charge on any atom is 0.349 e. The van der Waals surface area contributed by atoms with Gasteiger partial charge in [0.15, 0.2) is 11.5 Å². The number of esters is 1. The fourth-order valence-electron chi connectivity index (χ4n) is 1.70. The predicted octanol–water partition coefficient (Wildman–Crippen LogP) is 2.73. The predicted molar refractivity (Wildman–Crippen MR) is 64.4 cm³/mol. The molecule has 18 heavy (non-hydrogen) atoms. The second-order valence-electron chi connectivity index (χ2n) is 4.23. The third kappa shape index (κ3) is 2.06. The monoisotopic (exact) mass is 272 g/mol. The summed E-state index contributed by atoms with van der Waals surface area (Å²) in [5, 5.41) is 9.92. The molecule has 1 aliphatic rings. The number of carbonyl (C=O) groups is 1. The van der Waals surface area contributed by atoms with Gasteiger partial charge in [-0.05, 0) is 6.92 Å².